The van der Waals surface area contributed by atoms with Crippen LogP contribution in [-0.4, -0.2) is 75.4 Å². The number of benzene rings is 1. The molecule has 0 radical (unpaired) electrons. The molecule has 0 aliphatic heterocycles. The average Bonchev–Trinajstić information content (AvgIpc) is 3.25. The minimum atomic E-state index is -1.40. The van der Waals surface area contributed by atoms with E-state index in [1.54, 1.807) is 18.3 Å². The first-order valence-corrected chi connectivity index (χ1v) is 11.4. The zero-order valence-electron chi connectivity index (χ0n) is 19.9. The summed E-state index contributed by atoms with van der Waals surface area (Å²) in [6.45, 7) is -0.462. The number of carboxylic acids is 2. The van der Waals surface area contributed by atoms with Crippen molar-refractivity contribution in [2.45, 2.75) is 50.2 Å². The summed E-state index contributed by atoms with van der Waals surface area (Å²) in [7, 11) is 0. The van der Waals surface area contributed by atoms with E-state index in [4.69, 9.17) is 16.6 Å². The summed E-state index contributed by atoms with van der Waals surface area (Å²) >= 11 is 0. The number of aliphatic carboxylic acids is 2. The molecule has 3 unspecified atom stereocenters. The Morgan fingerprint density at radius 3 is 2.05 bits per heavy atom. The van der Waals surface area contributed by atoms with Crippen LogP contribution in [-0.2, 0) is 35.2 Å². The fourth-order valence-electron chi connectivity index (χ4n) is 3.61. The highest BCUT2D eigenvalue weighted by Crippen LogP contribution is 2.19. The van der Waals surface area contributed by atoms with Crippen molar-refractivity contribution in [3.63, 3.8) is 0 Å². The molecule has 0 spiro atoms. The summed E-state index contributed by atoms with van der Waals surface area (Å²) in [6, 6.07) is 3.10. The van der Waals surface area contributed by atoms with Crippen molar-refractivity contribution in [1.29, 1.82) is 0 Å². The number of H-pyrrole nitrogens is 1. The van der Waals surface area contributed by atoms with Gasteiger partial charge in [0.1, 0.15) is 18.1 Å². The monoisotopic (exact) mass is 518 g/mol. The number of aromatic nitrogens is 1. The molecule has 1 aromatic carbocycles. The number of nitrogens with two attached hydrogens (primary N) is 2. The van der Waals surface area contributed by atoms with Gasteiger partial charge >= 0.3 is 11.9 Å². The molecule has 0 saturated heterocycles. The molecule has 2 rings (SSSR count). The molecule has 0 fully saturated rings. The van der Waals surface area contributed by atoms with E-state index < -0.39 is 66.7 Å². The van der Waals surface area contributed by atoms with Crippen molar-refractivity contribution in [2.24, 2.45) is 11.5 Å². The number of rotatable bonds is 15. The van der Waals surface area contributed by atoms with Crippen LogP contribution in [0.4, 0.5) is 0 Å². The molecule has 14 heteroatoms. The van der Waals surface area contributed by atoms with E-state index in [9.17, 15) is 33.9 Å². The molecule has 0 bridgehead atoms. The second-order valence-corrected chi connectivity index (χ2v) is 8.29. The second-order valence-electron chi connectivity index (χ2n) is 8.29. The fraction of sp³-hybridized carbons (Fsp3) is 0.391. The normalized spacial score (nSPS) is 13.2. The molecule has 1 aromatic heterocycles. The Hall–Kier alpha value is -4.46. The molecule has 1 heterocycles. The number of primary amides is 1. The molecule has 14 nitrogen and oxygen atoms in total. The summed E-state index contributed by atoms with van der Waals surface area (Å²) in [5, 5.41) is 26.4. The van der Waals surface area contributed by atoms with Crippen LogP contribution in [0.1, 0.15) is 31.2 Å². The summed E-state index contributed by atoms with van der Waals surface area (Å²) in [5.41, 5.74) is 11.8. The fourth-order valence-corrected chi connectivity index (χ4v) is 3.61. The van der Waals surface area contributed by atoms with E-state index in [-0.39, 0.29) is 25.7 Å². The van der Waals surface area contributed by atoms with Gasteiger partial charge in [0.15, 0.2) is 0 Å². The molecule has 3 atom stereocenters. The molecule has 0 aliphatic carbocycles. The summed E-state index contributed by atoms with van der Waals surface area (Å²) in [4.78, 5) is 74.7. The van der Waals surface area contributed by atoms with Crippen LogP contribution in [0.25, 0.3) is 10.9 Å². The lowest BCUT2D eigenvalue weighted by Crippen LogP contribution is -2.56. The Morgan fingerprint density at radius 1 is 0.865 bits per heavy atom. The number of carbonyl (C=O) groups excluding carboxylic acids is 4. The number of fused-ring (bicyclic) bond motifs is 1. The van der Waals surface area contributed by atoms with Gasteiger partial charge in [0.2, 0.25) is 23.6 Å². The van der Waals surface area contributed by atoms with E-state index in [1.807, 2.05) is 12.1 Å². The van der Waals surface area contributed by atoms with Crippen LogP contribution in [0.3, 0.4) is 0 Å². The van der Waals surface area contributed by atoms with Gasteiger partial charge in [-0.15, -0.1) is 0 Å². The van der Waals surface area contributed by atoms with Gasteiger partial charge < -0.3 is 42.6 Å². The zero-order valence-corrected chi connectivity index (χ0v) is 19.9. The minimum Gasteiger partial charge on any atom is -0.481 e. The maximum Gasteiger partial charge on any atom is 0.326 e. The molecule has 0 saturated carbocycles. The third-order valence-corrected chi connectivity index (χ3v) is 5.51. The molecule has 200 valence electrons. The average molecular weight is 519 g/mol. The van der Waals surface area contributed by atoms with Crippen LogP contribution in [0, 0.1) is 0 Å². The highest BCUT2D eigenvalue weighted by molar-refractivity contribution is 5.94. The summed E-state index contributed by atoms with van der Waals surface area (Å²) in [6.07, 6.45) is 0.222. The number of amides is 4. The maximum absolute atomic E-state index is 13.0. The Kier molecular flexibility index (Phi) is 10.6. The predicted octanol–water partition coefficient (Wildman–Crippen LogP) is -1.66. The quantitative estimate of drug-likeness (QED) is 0.134. The van der Waals surface area contributed by atoms with Gasteiger partial charge in [-0.2, -0.15) is 0 Å². The van der Waals surface area contributed by atoms with Crippen molar-refractivity contribution in [1.82, 2.24) is 20.9 Å². The first-order valence-electron chi connectivity index (χ1n) is 11.4. The van der Waals surface area contributed by atoms with E-state index in [2.05, 4.69) is 20.9 Å². The lowest BCUT2D eigenvalue weighted by atomic mass is 10.0. The van der Waals surface area contributed by atoms with Crippen LogP contribution < -0.4 is 27.4 Å². The molecule has 2 aromatic rings. The van der Waals surface area contributed by atoms with Crippen LogP contribution >= 0.6 is 0 Å². The number of hydrogen-bond donors (Lipinski definition) is 8. The van der Waals surface area contributed by atoms with Gasteiger partial charge in [0, 0.05) is 36.4 Å². The van der Waals surface area contributed by atoms with Gasteiger partial charge in [-0.25, -0.2) is 4.79 Å². The van der Waals surface area contributed by atoms with E-state index in [1.165, 1.54) is 0 Å². The highest BCUT2D eigenvalue weighted by atomic mass is 16.4. The smallest absolute Gasteiger partial charge is 0.326 e. The van der Waals surface area contributed by atoms with Crippen molar-refractivity contribution < 1.29 is 39.0 Å². The van der Waals surface area contributed by atoms with Crippen molar-refractivity contribution in [3.05, 3.63) is 36.0 Å². The lowest BCUT2D eigenvalue weighted by Gasteiger charge is -2.24. The predicted molar refractivity (Wildman–Crippen MR) is 130 cm³/mol. The largest absolute Gasteiger partial charge is 0.481 e. The van der Waals surface area contributed by atoms with E-state index in [0.29, 0.717) is 5.56 Å². The van der Waals surface area contributed by atoms with E-state index in [0.717, 1.165) is 10.9 Å². The Bertz CT molecular complexity index is 1160. The molecule has 10 N–H and O–H groups in total. The third kappa shape index (κ3) is 8.92. The Labute approximate surface area is 211 Å². The standard InChI is InChI=1S/C23H30N6O8/c24-10-19(31)27-15(6-8-20(32)33)21(34)28-16(5-7-18(25)30)22(35)29-17(23(36)37)9-12-11-26-14-4-2-1-3-13(12)14/h1-4,11,15-17,26H,5-10,24H2,(H2,25,30)(H,27,31)(H,28,34)(H,29,35)(H,32,33)(H,36,37). The Morgan fingerprint density at radius 2 is 1.46 bits per heavy atom. The van der Waals surface area contributed by atoms with Gasteiger partial charge in [-0.3, -0.25) is 24.0 Å². The van der Waals surface area contributed by atoms with Crippen molar-refractivity contribution in [3.8, 4) is 0 Å². The highest BCUT2D eigenvalue weighted by Gasteiger charge is 2.30. The van der Waals surface area contributed by atoms with Crippen LogP contribution in [0.15, 0.2) is 30.5 Å². The van der Waals surface area contributed by atoms with Crippen LogP contribution in [0.2, 0.25) is 0 Å². The number of nitrogens with one attached hydrogen (secondary N) is 4. The first-order chi connectivity index (χ1) is 17.5. The van der Waals surface area contributed by atoms with Gasteiger partial charge in [-0.05, 0) is 24.5 Å². The number of carboxylic acid groups (broad SMARTS) is 2. The third-order valence-electron chi connectivity index (χ3n) is 5.51. The maximum atomic E-state index is 13.0. The molecular weight excluding hydrogens is 488 g/mol. The molecule has 0 aliphatic rings. The van der Waals surface area contributed by atoms with Crippen molar-refractivity contribution in [2.75, 3.05) is 6.54 Å². The number of hydrogen-bond acceptors (Lipinski definition) is 7. The molecular formula is C23H30N6O8. The zero-order chi connectivity index (χ0) is 27.5. The first kappa shape index (κ1) is 28.8. The molecule has 4 amide bonds. The minimum absolute atomic E-state index is 0.0740. The second kappa shape index (κ2) is 13.6. The topological polar surface area (TPSA) is 247 Å². The molecule has 37 heavy (non-hydrogen) atoms. The van der Waals surface area contributed by atoms with Gasteiger partial charge in [0.25, 0.3) is 0 Å². The lowest BCUT2D eigenvalue weighted by molar-refractivity contribution is -0.142. The SMILES string of the molecule is NCC(=O)NC(CCC(=O)O)C(=O)NC(CCC(N)=O)C(=O)NC(Cc1c[nH]c2ccccc12)C(=O)O. The van der Waals surface area contributed by atoms with Gasteiger partial charge in [-0.1, -0.05) is 18.2 Å². The Balaban J connectivity index is 2.19. The summed E-state index contributed by atoms with van der Waals surface area (Å²) < 4.78 is 0. The van der Waals surface area contributed by atoms with Crippen LogP contribution in [0.5, 0.6) is 0 Å². The van der Waals surface area contributed by atoms with E-state index >= 15 is 0 Å². The number of aromatic amines is 1. The van der Waals surface area contributed by atoms with Crippen molar-refractivity contribution >= 4 is 46.5 Å². The number of para-hydroxylation sites is 1. The van der Waals surface area contributed by atoms with Gasteiger partial charge in [0.05, 0.1) is 6.54 Å². The number of carbonyl (C=O) groups is 6. The summed E-state index contributed by atoms with van der Waals surface area (Å²) in [5.74, 6) is -5.84.